The van der Waals surface area contributed by atoms with E-state index in [0.717, 1.165) is 28.8 Å². The number of para-hydroxylation sites is 2. The number of hydrogen-bond donors (Lipinski definition) is 1. The van der Waals surface area contributed by atoms with E-state index in [0.29, 0.717) is 17.9 Å². The number of aromatic nitrogens is 2. The average molecular weight is 381 g/mol. The van der Waals surface area contributed by atoms with Gasteiger partial charge in [-0.2, -0.15) is 0 Å². The third-order valence-corrected chi connectivity index (χ3v) is 4.51. The van der Waals surface area contributed by atoms with Gasteiger partial charge < -0.3 is 19.4 Å². The lowest BCUT2D eigenvalue weighted by atomic mass is 10.1. The van der Waals surface area contributed by atoms with Gasteiger partial charge in [-0.05, 0) is 29.8 Å². The molecule has 146 valence electrons. The number of carbonyl (C=O) groups excluding carboxylic acids is 2. The first-order chi connectivity index (χ1) is 13.6. The van der Waals surface area contributed by atoms with Crippen molar-refractivity contribution in [1.82, 2.24) is 14.9 Å². The zero-order chi connectivity index (χ0) is 20.1. The summed E-state index contributed by atoms with van der Waals surface area (Å²) in [5.74, 6) is 0.684. The zero-order valence-corrected chi connectivity index (χ0v) is 16.2. The molecule has 3 rings (SSSR count). The first-order valence-electron chi connectivity index (χ1n) is 9.03. The average Bonchev–Trinajstić information content (AvgIpc) is 3.09. The second-order valence-electron chi connectivity index (χ2n) is 6.26. The molecule has 7 heteroatoms. The smallest absolute Gasteiger partial charge is 0.341 e. The summed E-state index contributed by atoms with van der Waals surface area (Å²) in [6, 6.07) is 12.9. The van der Waals surface area contributed by atoms with Gasteiger partial charge in [0.2, 0.25) is 5.91 Å². The summed E-state index contributed by atoms with van der Waals surface area (Å²) in [6.07, 6.45) is 0.739. The Morgan fingerprint density at radius 3 is 2.64 bits per heavy atom. The lowest BCUT2D eigenvalue weighted by molar-refractivity contribution is -0.121. The number of nitrogens with zero attached hydrogens (tertiary/aromatic N) is 2. The Kier molecular flexibility index (Phi) is 5.93. The van der Waals surface area contributed by atoms with Crippen LogP contribution in [-0.2, 0) is 29.0 Å². The third kappa shape index (κ3) is 3.98. The van der Waals surface area contributed by atoms with Gasteiger partial charge in [0.25, 0.3) is 0 Å². The van der Waals surface area contributed by atoms with E-state index in [-0.39, 0.29) is 12.5 Å². The number of imidazole rings is 1. The molecule has 28 heavy (non-hydrogen) atoms. The summed E-state index contributed by atoms with van der Waals surface area (Å²) in [6.45, 7) is 2.49. The lowest BCUT2D eigenvalue weighted by Crippen LogP contribution is -2.27. The summed E-state index contributed by atoms with van der Waals surface area (Å²) in [4.78, 5) is 29.0. The normalized spacial score (nSPS) is 10.7. The second-order valence-corrected chi connectivity index (χ2v) is 6.26. The molecule has 0 aliphatic heterocycles. The molecule has 1 amide bonds. The lowest BCUT2D eigenvalue weighted by Gasteiger charge is -2.11. The van der Waals surface area contributed by atoms with E-state index >= 15 is 0 Å². The molecule has 0 unspecified atom stereocenters. The number of amides is 1. The molecule has 0 atom stereocenters. The van der Waals surface area contributed by atoms with Crippen LogP contribution in [0.3, 0.4) is 0 Å². The van der Waals surface area contributed by atoms with Gasteiger partial charge in [-0.25, -0.2) is 9.78 Å². The number of aryl methyl sites for hydroxylation is 1. The van der Waals surface area contributed by atoms with Crippen molar-refractivity contribution < 1.29 is 19.1 Å². The number of fused-ring (bicyclic) bond motifs is 1. The molecular formula is C21H23N3O4. The van der Waals surface area contributed by atoms with Crippen molar-refractivity contribution in [1.29, 1.82) is 0 Å². The van der Waals surface area contributed by atoms with Crippen LogP contribution in [0.15, 0.2) is 42.5 Å². The second kappa shape index (κ2) is 8.56. The van der Waals surface area contributed by atoms with Crippen molar-refractivity contribution in [3.63, 3.8) is 0 Å². The number of ether oxygens (including phenoxy) is 2. The van der Waals surface area contributed by atoms with E-state index in [1.807, 2.05) is 35.8 Å². The molecule has 7 nitrogen and oxygen atoms in total. The Balaban J connectivity index is 1.72. The van der Waals surface area contributed by atoms with Crippen LogP contribution in [0.25, 0.3) is 11.0 Å². The topological polar surface area (TPSA) is 82.5 Å². The summed E-state index contributed by atoms with van der Waals surface area (Å²) in [7, 11) is 2.81. The van der Waals surface area contributed by atoms with E-state index in [1.165, 1.54) is 14.2 Å². The first kappa shape index (κ1) is 19.4. The van der Waals surface area contributed by atoms with Crippen LogP contribution in [0.2, 0.25) is 0 Å². The standard InChI is InChI=1S/C21H23N3O4/c1-4-19-23-16-7-5-6-8-17(16)24(19)13-20(25)22-12-14-9-10-18(27-2)15(11-14)21(26)28-3/h5-11H,4,12-13H2,1-3H3,(H,22,25). The van der Waals surface area contributed by atoms with Gasteiger partial charge in [0.05, 0.1) is 25.3 Å². The maximum Gasteiger partial charge on any atom is 0.341 e. The third-order valence-electron chi connectivity index (χ3n) is 4.51. The molecule has 0 aliphatic rings. The Hall–Kier alpha value is -3.35. The van der Waals surface area contributed by atoms with Crippen LogP contribution in [0.4, 0.5) is 0 Å². The van der Waals surface area contributed by atoms with Gasteiger partial charge in [-0.3, -0.25) is 4.79 Å². The molecule has 0 saturated carbocycles. The van der Waals surface area contributed by atoms with Gasteiger partial charge in [0, 0.05) is 13.0 Å². The largest absolute Gasteiger partial charge is 0.496 e. The van der Waals surface area contributed by atoms with Gasteiger partial charge >= 0.3 is 5.97 Å². The van der Waals surface area contributed by atoms with Crippen molar-refractivity contribution >= 4 is 22.9 Å². The number of rotatable bonds is 7. The molecule has 3 aromatic rings. The van der Waals surface area contributed by atoms with Crippen LogP contribution in [0, 0.1) is 0 Å². The molecule has 0 saturated heterocycles. The molecular weight excluding hydrogens is 358 g/mol. The van der Waals surface area contributed by atoms with Crippen LogP contribution in [0.5, 0.6) is 5.75 Å². The van der Waals surface area contributed by atoms with Crippen molar-refractivity contribution in [3.05, 3.63) is 59.4 Å². The minimum absolute atomic E-state index is 0.131. The molecule has 1 heterocycles. The maximum absolute atomic E-state index is 12.5. The predicted octanol–water partition coefficient (Wildman–Crippen LogP) is 2.71. The Morgan fingerprint density at radius 2 is 1.93 bits per heavy atom. The fourth-order valence-corrected chi connectivity index (χ4v) is 3.11. The maximum atomic E-state index is 12.5. The van der Waals surface area contributed by atoms with Crippen LogP contribution in [-0.4, -0.2) is 35.6 Å². The van der Waals surface area contributed by atoms with Gasteiger partial charge in [-0.1, -0.05) is 25.1 Å². The van der Waals surface area contributed by atoms with Gasteiger partial charge in [-0.15, -0.1) is 0 Å². The van der Waals surface area contributed by atoms with E-state index in [1.54, 1.807) is 18.2 Å². The number of nitrogens with one attached hydrogen (secondary N) is 1. The number of carbonyl (C=O) groups is 2. The minimum Gasteiger partial charge on any atom is -0.496 e. The highest BCUT2D eigenvalue weighted by molar-refractivity contribution is 5.92. The van der Waals surface area contributed by atoms with Gasteiger partial charge in [0.15, 0.2) is 0 Å². The Labute approximate surface area is 163 Å². The number of hydrogen-bond acceptors (Lipinski definition) is 5. The summed E-state index contributed by atoms with van der Waals surface area (Å²) in [5.41, 5.74) is 2.92. The molecule has 0 radical (unpaired) electrons. The fraction of sp³-hybridized carbons (Fsp3) is 0.286. The number of methoxy groups -OCH3 is 2. The van der Waals surface area contributed by atoms with Crippen molar-refractivity contribution in [2.24, 2.45) is 0 Å². The molecule has 0 spiro atoms. The molecule has 0 aliphatic carbocycles. The van der Waals surface area contributed by atoms with E-state index in [9.17, 15) is 9.59 Å². The minimum atomic E-state index is -0.484. The highest BCUT2D eigenvalue weighted by Gasteiger charge is 2.15. The fourth-order valence-electron chi connectivity index (χ4n) is 3.11. The summed E-state index contributed by atoms with van der Waals surface area (Å²) >= 11 is 0. The predicted molar refractivity (Wildman–Crippen MR) is 105 cm³/mol. The van der Waals surface area contributed by atoms with Crippen molar-refractivity contribution in [3.8, 4) is 5.75 Å². The summed E-state index contributed by atoms with van der Waals surface area (Å²) < 4.78 is 11.9. The zero-order valence-electron chi connectivity index (χ0n) is 16.2. The van der Waals surface area contributed by atoms with Crippen molar-refractivity contribution in [2.75, 3.05) is 14.2 Å². The van der Waals surface area contributed by atoms with Gasteiger partial charge in [0.1, 0.15) is 23.7 Å². The summed E-state index contributed by atoms with van der Waals surface area (Å²) in [5, 5.41) is 2.89. The quantitative estimate of drug-likeness (QED) is 0.637. The monoisotopic (exact) mass is 381 g/mol. The SMILES string of the molecule is CCc1nc2ccccc2n1CC(=O)NCc1ccc(OC)c(C(=O)OC)c1. The van der Waals surface area contributed by atoms with Crippen LogP contribution < -0.4 is 10.1 Å². The Morgan fingerprint density at radius 1 is 1.14 bits per heavy atom. The van der Waals surface area contributed by atoms with E-state index in [4.69, 9.17) is 9.47 Å². The van der Waals surface area contributed by atoms with Crippen LogP contribution >= 0.6 is 0 Å². The van der Waals surface area contributed by atoms with Crippen molar-refractivity contribution in [2.45, 2.75) is 26.4 Å². The first-order valence-corrected chi connectivity index (χ1v) is 9.03. The molecule has 1 aromatic heterocycles. The number of esters is 1. The van der Waals surface area contributed by atoms with E-state index in [2.05, 4.69) is 10.3 Å². The Bertz CT molecular complexity index is 1010. The molecule has 2 aromatic carbocycles. The number of benzene rings is 2. The van der Waals surface area contributed by atoms with E-state index < -0.39 is 5.97 Å². The highest BCUT2D eigenvalue weighted by Crippen LogP contribution is 2.21. The highest BCUT2D eigenvalue weighted by atomic mass is 16.5. The molecule has 0 fully saturated rings. The molecule has 0 bridgehead atoms. The molecule has 1 N–H and O–H groups in total. The van der Waals surface area contributed by atoms with Crippen LogP contribution in [0.1, 0.15) is 28.7 Å².